The molecule has 0 rings (SSSR count). The van der Waals surface area contributed by atoms with Crippen LogP contribution in [0.1, 0.15) is 26.7 Å². The van der Waals surface area contributed by atoms with Gasteiger partial charge >= 0.3 is 0 Å². The van der Waals surface area contributed by atoms with Crippen molar-refractivity contribution in [2.75, 3.05) is 19.0 Å². The maximum Gasteiger partial charge on any atom is 0.0235 e. The molecule has 0 bridgehead atoms. The maximum absolute atomic E-state index is 5.50. The molecule has 0 atom stereocenters. The zero-order chi connectivity index (χ0) is 7.82. The molecule has 0 radical (unpaired) electrons. The van der Waals surface area contributed by atoms with Crippen LogP contribution < -0.4 is 5.32 Å². The molecule has 0 aliphatic heterocycles. The van der Waals surface area contributed by atoms with E-state index in [2.05, 4.69) is 19.2 Å². The van der Waals surface area contributed by atoms with Gasteiger partial charge in [-0.3, -0.25) is 0 Å². The smallest absolute Gasteiger partial charge is 0.0235 e. The maximum atomic E-state index is 5.50. The van der Waals surface area contributed by atoms with Gasteiger partial charge in [0.15, 0.2) is 0 Å². The fraction of sp³-hybridized carbons (Fsp3) is 1.00. The summed E-state index contributed by atoms with van der Waals surface area (Å²) in [5.41, 5.74) is 0. The van der Waals surface area contributed by atoms with Crippen molar-refractivity contribution >= 4 is 11.6 Å². The first kappa shape index (κ1) is 10.2. The Kier molecular flexibility index (Phi) is 7.54. The molecule has 0 aromatic heterocycles. The number of nitrogens with one attached hydrogen (secondary N) is 1. The van der Waals surface area contributed by atoms with E-state index in [-0.39, 0.29) is 0 Å². The second-order valence-electron chi connectivity index (χ2n) is 2.98. The molecule has 1 nitrogen and oxygen atoms in total. The minimum atomic E-state index is 0.772. The molecule has 0 unspecified atom stereocenters. The zero-order valence-electron chi connectivity index (χ0n) is 6.99. The minimum Gasteiger partial charge on any atom is -0.317 e. The first-order valence-corrected chi connectivity index (χ1v) is 4.57. The van der Waals surface area contributed by atoms with Gasteiger partial charge in [-0.25, -0.2) is 0 Å². The Hall–Kier alpha value is 0.250. The van der Waals surface area contributed by atoms with E-state index in [4.69, 9.17) is 11.6 Å². The van der Waals surface area contributed by atoms with Crippen LogP contribution in [0.5, 0.6) is 0 Å². The lowest BCUT2D eigenvalue weighted by molar-refractivity contribution is 0.537. The number of hydrogen-bond acceptors (Lipinski definition) is 1. The highest BCUT2D eigenvalue weighted by molar-refractivity contribution is 6.17. The average Bonchev–Trinajstić information content (AvgIpc) is 1.87. The van der Waals surface area contributed by atoms with Gasteiger partial charge in [-0.1, -0.05) is 13.8 Å². The average molecular weight is 164 g/mol. The molecular weight excluding hydrogens is 146 g/mol. The van der Waals surface area contributed by atoms with Crippen LogP contribution in [-0.2, 0) is 0 Å². The van der Waals surface area contributed by atoms with E-state index >= 15 is 0 Å². The van der Waals surface area contributed by atoms with Crippen LogP contribution in [0.3, 0.4) is 0 Å². The number of rotatable bonds is 6. The quantitative estimate of drug-likeness (QED) is 0.468. The molecule has 0 saturated heterocycles. The number of halogens is 1. The summed E-state index contributed by atoms with van der Waals surface area (Å²) in [5, 5.41) is 3.33. The topological polar surface area (TPSA) is 12.0 Å². The number of hydrogen-bond donors (Lipinski definition) is 1. The Bertz CT molecular complexity index is 64.3. The lowest BCUT2D eigenvalue weighted by atomic mass is 10.1. The van der Waals surface area contributed by atoms with Gasteiger partial charge in [-0.05, 0) is 31.8 Å². The molecule has 0 amide bonds. The van der Waals surface area contributed by atoms with Crippen molar-refractivity contribution in [3.63, 3.8) is 0 Å². The van der Waals surface area contributed by atoms with E-state index < -0.39 is 0 Å². The Morgan fingerprint density at radius 2 is 2.00 bits per heavy atom. The highest BCUT2D eigenvalue weighted by Crippen LogP contribution is 1.95. The molecule has 0 aromatic carbocycles. The fourth-order valence-corrected chi connectivity index (χ4v) is 0.841. The summed E-state index contributed by atoms with van der Waals surface area (Å²) in [5.74, 6) is 1.58. The van der Waals surface area contributed by atoms with Gasteiger partial charge in [-0.15, -0.1) is 11.6 Å². The van der Waals surface area contributed by atoms with Crippen LogP contribution in [0.15, 0.2) is 0 Å². The largest absolute Gasteiger partial charge is 0.317 e. The Morgan fingerprint density at radius 1 is 1.30 bits per heavy atom. The van der Waals surface area contributed by atoms with Crippen LogP contribution in [0, 0.1) is 5.92 Å². The van der Waals surface area contributed by atoms with Gasteiger partial charge in [0.25, 0.3) is 0 Å². The Morgan fingerprint density at radius 3 is 2.50 bits per heavy atom. The van der Waals surface area contributed by atoms with Crippen LogP contribution >= 0.6 is 11.6 Å². The molecule has 10 heavy (non-hydrogen) atoms. The molecule has 1 N–H and O–H groups in total. The van der Waals surface area contributed by atoms with Crippen molar-refractivity contribution in [2.24, 2.45) is 5.92 Å². The van der Waals surface area contributed by atoms with Gasteiger partial charge in [-0.2, -0.15) is 0 Å². The Balaban J connectivity index is 2.77. The lowest BCUT2D eigenvalue weighted by Gasteiger charge is -2.04. The first-order chi connectivity index (χ1) is 4.77. The monoisotopic (exact) mass is 163 g/mol. The van der Waals surface area contributed by atoms with Gasteiger partial charge in [0.2, 0.25) is 0 Å². The van der Waals surface area contributed by atoms with Crippen molar-refractivity contribution in [2.45, 2.75) is 26.7 Å². The molecule has 0 saturated carbocycles. The standard InChI is InChI=1S/C8H18ClN/c1-8(2)4-7-10-6-3-5-9/h8,10H,3-7H2,1-2H3. The first-order valence-electron chi connectivity index (χ1n) is 4.04. The SMILES string of the molecule is CC(C)CCNCCCCl. The van der Waals surface area contributed by atoms with Crippen LogP contribution in [0.4, 0.5) is 0 Å². The van der Waals surface area contributed by atoms with Crippen molar-refractivity contribution in [3.05, 3.63) is 0 Å². The minimum absolute atomic E-state index is 0.772. The second kappa shape index (κ2) is 7.36. The summed E-state index contributed by atoms with van der Waals surface area (Å²) >= 11 is 5.50. The van der Waals surface area contributed by atoms with Crippen molar-refractivity contribution in [3.8, 4) is 0 Å². The van der Waals surface area contributed by atoms with E-state index in [1.165, 1.54) is 6.42 Å². The summed E-state index contributed by atoms with van der Waals surface area (Å²) in [6.07, 6.45) is 2.35. The van der Waals surface area contributed by atoms with Crippen LogP contribution in [0.2, 0.25) is 0 Å². The van der Waals surface area contributed by atoms with E-state index in [1.54, 1.807) is 0 Å². The predicted molar refractivity (Wildman–Crippen MR) is 47.7 cm³/mol. The van der Waals surface area contributed by atoms with Crippen LogP contribution in [-0.4, -0.2) is 19.0 Å². The van der Waals surface area contributed by atoms with Gasteiger partial charge in [0, 0.05) is 5.88 Å². The molecule has 0 spiro atoms. The Labute approximate surface area is 69.1 Å². The third-order valence-corrected chi connectivity index (χ3v) is 1.65. The van der Waals surface area contributed by atoms with Gasteiger partial charge < -0.3 is 5.32 Å². The van der Waals surface area contributed by atoms with E-state index in [0.717, 1.165) is 31.3 Å². The van der Waals surface area contributed by atoms with E-state index in [1.807, 2.05) is 0 Å². The van der Waals surface area contributed by atoms with Crippen molar-refractivity contribution in [1.29, 1.82) is 0 Å². The fourth-order valence-electron chi connectivity index (χ4n) is 0.708. The van der Waals surface area contributed by atoms with Gasteiger partial charge in [0.05, 0.1) is 0 Å². The summed E-state index contributed by atoms with van der Waals surface area (Å²) in [6, 6.07) is 0. The lowest BCUT2D eigenvalue weighted by Crippen LogP contribution is -2.18. The van der Waals surface area contributed by atoms with E-state index in [0.29, 0.717) is 0 Å². The van der Waals surface area contributed by atoms with Crippen LogP contribution in [0.25, 0.3) is 0 Å². The van der Waals surface area contributed by atoms with Crippen molar-refractivity contribution in [1.82, 2.24) is 5.32 Å². The molecule has 0 fully saturated rings. The normalized spacial score (nSPS) is 10.8. The summed E-state index contributed by atoms with van der Waals surface area (Å²) < 4.78 is 0. The second-order valence-corrected chi connectivity index (χ2v) is 3.35. The third kappa shape index (κ3) is 8.25. The van der Waals surface area contributed by atoms with Crippen molar-refractivity contribution < 1.29 is 0 Å². The molecule has 62 valence electrons. The summed E-state index contributed by atoms with van der Waals surface area (Å²) in [4.78, 5) is 0. The van der Waals surface area contributed by atoms with E-state index in [9.17, 15) is 0 Å². The molecule has 0 aliphatic carbocycles. The molecular formula is C8H18ClN. The zero-order valence-corrected chi connectivity index (χ0v) is 7.75. The molecule has 2 heteroatoms. The number of alkyl halides is 1. The molecule has 0 aromatic rings. The highest BCUT2D eigenvalue weighted by atomic mass is 35.5. The molecule has 0 heterocycles. The third-order valence-electron chi connectivity index (χ3n) is 1.39. The summed E-state index contributed by atoms with van der Waals surface area (Å²) in [7, 11) is 0. The predicted octanol–water partition coefficient (Wildman–Crippen LogP) is 2.25. The molecule has 0 aliphatic rings. The summed E-state index contributed by atoms with van der Waals surface area (Å²) in [6.45, 7) is 6.68. The van der Waals surface area contributed by atoms with Gasteiger partial charge in [0.1, 0.15) is 0 Å². The highest BCUT2D eigenvalue weighted by Gasteiger charge is 1.91.